The zero-order valence-corrected chi connectivity index (χ0v) is 18.0. The molecule has 2 rings (SSSR count). The van der Waals surface area contributed by atoms with Crippen molar-refractivity contribution in [1.29, 1.82) is 0 Å². The van der Waals surface area contributed by atoms with Crippen molar-refractivity contribution in [3.8, 4) is 0 Å². The van der Waals surface area contributed by atoms with E-state index in [2.05, 4.69) is 5.32 Å². The van der Waals surface area contributed by atoms with Gasteiger partial charge in [0.25, 0.3) is 5.91 Å². The number of sulfonamides is 1. The maximum atomic E-state index is 12.9. The van der Waals surface area contributed by atoms with Crippen molar-refractivity contribution in [1.82, 2.24) is 9.62 Å². The molecule has 2 aromatic rings. The fraction of sp³-hybridized carbons (Fsp3) is 0.300. The predicted octanol–water partition coefficient (Wildman–Crippen LogP) is 2.84. The molecule has 1 amide bonds. The molecule has 0 aromatic heterocycles. The van der Waals surface area contributed by atoms with Gasteiger partial charge in [0.05, 0.1) is 15.5 Å². The fourth-order valence-corrected chi connectivity index (χ4v) is 3.88. The number of nitrogens with zero attached hydrogens (tertiary/aromatic N) is 1. The van der Waals surface area contributed by atoms with E-state index >= 15 is 0 Å². The lowest BCUT2D eigenvalue weighted by molar-refractivity contribution is -0.124. The molecule has 0 bridgehead atoms. The molecule has 7 nitrogen and oxygen atoms in total. The highest BCUT2D eigenvalue weighted by Gasteiger charge is 2.24. The topological polar surface area (TPSA) is 92.8 Å². The number of benzene rings is 2. The zero-order chi connectivity index (χ0) is 21.6. The third kappa shape index (κ3) is 6.28. The molecule has 0 atom stereocenters. The Bertz CT molecular complexity index is 978. The number of nitrogens with one attached hydrogen (secondary N) is 1. The van der Waals surface area contributed by atoms with Crippen molar-refractivity contribution >= 4 is 33.5 Å². The summed E-state index contributed by atoms with van der Waals surface area (Å²) < 4.78 is 31.9. The smallest absolute Gasteiger partial charge is 0.340 e. The standard InChI is InChI=1S/C20H23ClN2O5S/c1-14(2)22-19(24)13-28-20(25)17-11-16(9-10-18(17)21)29(26,27)23(3)12-15-7-5-4-6-8-15/h4-11,14H,12-13H2,1-3H3,(H,22,24). The summed E-state index contributed by atoms with van der Waals surface area (Å²) in [6.45, 7) is 3.23. The molecular weight excluding hydrogens is 416 g/mol. The number of hydrogen-bond donors (Lipinski definition) is 1. The van der Waals surface area contributed by atoms with Crippen LogP contribution in [0.25, 0.3) is 0 Å². The van der Waals surface area contributed by atoms with Crippen LogP contribution in [-0.4, -0.2) is 44.3 Å². The molecule has 0 heterocycles. The minimum Gasteiger partial charge on any atom is -0.452 e. The fourth-order valence-electron chi connectivity index (χ4n) is 2.50. The van der Waals surface area contributed by atoms with E-state index < -0.39 is 28.5 Å². The number of carbonyl (C=O) groups excluding carboxylic acids is 2. The van der Waals surface area contributed by atoms with Gasteiger partial charge in [0.2, 0.25) is 10.0 Å². The molecule has 0 aliphatic heterocycles. The highest BCUT2D eigenvalue weighted by atomic mass is 35.5. The molecule has 0 radical (unpaired) electrons. The van der Waals surface area contributed by atoms with Gasteiger partial charge in [-0.3, -0.25) is 4.79 Å². The minimum absolute atomic E-state index is 0.0314. The molecular formula is C20H23ClN2O5S. The van der Waals surface area contributed by atoms with Gasteiger partial charge >= 0.3 is 5.97 Å². The summed E-state index contributed by atoms with van der Waals surface area (Å²) in [6.07, 6.45) is 0. The van der Waals surface area contributed by atoms with Gasteiger partial charge in [-0.2, -0.15) is 4.31 Å². The first-order valence-electron chi connectivity index (χ1n) is 8.87. The van der Waals surface area contributed by atoms with Gasteiger partial charge in [0, 0.05) is 19.6 Å². The Kier molecular flexibility index (Phi) is 7.78. The molecule has 9 heteroatoms. The SMILES string of the molecule is CC(C)NC(=O)COC(=O)c1cc(S(=O)(=O)N(C)Cc2ccccc2)ccc1Cl. The normalized spacial score (nSPS) is 11.5. The Balaban J connectivity index is 2.18. The van der Waals surface area contributed by atoms with Gasteiger partial charge in [0.1, 0.15) is 0 Å². The quantitative estimate of drug-likeness (QED) is 0.640. The van der Waals surface area contributed by atoms with Crippen LogP contribution in [0.2, 0.25) is 5.02 Å². The molecule has 0 aliphatic carbocycles. The Morgan fingerprint density at radius 2 is 1.79 bits per heavy atom. The number of carbonyl (C=O) groups is 2. The third-order valence-corrected chi connectivity index (χ3v) is 6.03. The van der Waals surface area contributed by atoms with Crippen LogP contribution in [0.15, 0.2) is 53.4 Å². The maximum absolute atomic E-state index is 12.9. The number of rotatable bonds is 8. The Labute approximate surface area is 175 Å². The molecule has 0 spiro atoms. The van der Waals surface area contributed by atoms with Crippen molar-refractivity contribution in [3.63, 3.8) is 0 Å². The lowest BCUT2D eigenvalue weighted by Crippen LogP contribution is -2.34. The van der Waals surface area contributed by atoms with E-state index in [1.807, 2.05) is 30.3 Å². The van der Waals surface area contributed by atoms with Crippen LogP contribution in [-0.2, 0) is 26.1 Å². The number of amides is 1. The average molecular weight is 439 g/mol. The number of ether oxygens (including phenoxy) is 1. The second-order valence-corrected chi connectivity index (χ2v) is 9.14. The molecule has 29 heavy (non-hydrogen) atoms. The molecule has 1 N–H and O–H groups in total. The summed E-state index contributed by atoms with van der Waals surface area (Å²) in [4.78, 5) is 23.8. The minimum atomic E-state index is -3.87. The van der Waals surface area contributed by atoms with Crippen molar-refractivity contribution in [3.05, 3.63) is 64.7 Å². The molecule has 0 aliphatic rings. The van der Waals surface area contributed by atoms with Crippen molar-refractivity contribution in [2.24, 2.45) is 0 Å². The highest BCUT2D eigenvalue weighted by Crippen LogP contribution is 2.24. The first-order chi connectivity index (χ1) is 13.6. The van der Waals surface area contributed by atoms with Gasteiger partial charge in [-0.25, -0.2) is 13.2 Å². The molecule has 0 saturated carbocycles. The Hall–Kier alpha value is -2.42. The first-order valence-corrected chi connectivity index (χ1v) is 10.7. The lowest BCUT2D eigenvalue weighted by Gasteiger charge is -2.18. The Morgan fingerprint density at radius 3 is 2.41 bits per heavy atom. The van der Waals surface area contributed by atoms with E-state index in [4.69, 9.17) is 16.3 Å². The molecule has 0 fully saturated rings. The van der Waals surface area contributed by atoms with Crippen LogP contribution >= 0.6 is 11.6 Å². The highest BCUT2D eigenvalue weighted by molar-refractivity contribution is 7.89. The van der Waals surface area contributed by atoms with Crippen LogP contribution in [0.5, 0.6) is 0 Å². The van der Waals surface area contributed by atoms with Crippen molar-refractivity contribution in [2.75, 3.05) is 13.7 Å². The summed E-state index contributed by atoms with van der Waals surface area (Å²) in [7, 11) is -2.42. The number of hydrogen-bond acceptors (Lipinski definition) is 5. The summed E-state index contributed by atoms with van der Waals surface area (Å²) in [5.74, 6) is -1.34. The van der Waals surface area contributed by atoms with Crippen LogP contribution < -0.4 is 5.32 Å². The second kappa shape index (κ2) is 9.87. The number of halogens is 1. The van der Waals surface area contributed by atoms with Gasteiger partial charge in [-0.1, -0.05) is 41.9 Å². The zero-order valence-electron chi connectivity index (χ0n) is 16.4. The second-order valence-electron chi connectivity index (χ2n) is 6.69. The first kappa shape index (κ1) is 22.9. The molecule has 0 saturated heterocycles. The predicted molar refractivity (Wildman–Crippen MR) is 110 cm³/mol. The van der Waals surface area contributed by atoms with E-state index in [1.54, 1.807) is 13.8 Å². The lowest BCUT2D eigenvalue weighted by atomic mass is 10.2. The van der Waals surface area contributed by atoms with Gasteiger partial charge in [0.15, 0.2) is 6.61 Å². The third-order valence-electron chi connectivity index (χ3n) is 3.90. The van der Waals surface area contributed by atoms with Gasteiger partial charge in [-0.15, -0.1) is 0 Å². The Morgan fingerprint density at radius 1 is 1.14 bits per heavy atom. The maximum Gasteiger partial charge on any atom is 0.340 e. The van der Waals surface area contributed by atoms with Gasteiger partial charge < -0.3 is 10.1 Å². The summed E-state index contributed by atoms with van der Waals surface area (Å²) >= 11 is 6.04. The van der Waals surface area contributed by atoms with Gasteiger partial charge in [-0.05, 0) is 37.6 Å². The van der Waals surface area contributed by atoms with E-state index in [0.29, 0.717) is 0 Å². The van der Waals surface area contributed by atoms with Crippen LogP contribution in [0.4, 0.5) is 0 Å². The van der Waals surface area contributed by atoms with E-state index in [1.165, 1.54) is 23.5 Å². The monoisotopic (exact) mass is 438 g/mol. The van der Waals surface area contributed by atoms with Crippen LogP contribution in [0, 0.1) is 0 Å². The van der Waals surface area contributed by atoms with E-state index in [-0.39, 0.29) is 28.1 Å². The van der Waals surface area contributed by atoms with Crippen molar-refractivity contribution in [2.45, 2.75) is 31.3 Å². The molecule has 2 aromatic carbocycles. The molecule has 156 valence electrons. The summed E-state index contributed by atoms with van der Waals surface area (Å²) in [6, 6.07) is 12.8. The summed E-state index contributed by atoms with van der Waals surface area (Å²) in [5, 5.41) is 2.62. The summed E-state index contributed by atoms with van der Waals surface area (Å²) in [5.41, 5.74) is 0.696. The largest absolute Gasteiger partial charge is 0.452 e. The van der Waals surface area contributed by atoms with E-state index in [9.17, 15) is 18.0 Å². The van der Waals surface area contributed by atoms with Crippen LogP contribution in [0.3, 0.4) is 0 Å². The van der Waals surface area contributed by atoms with E-state index in [0.717, 1.165) is 11.6 Å². The van der Waals surface area contributed by atoms with Crippen LogP contribution in [0.1, 0.15) is 29.8 Å². The molecule has 0 unspecified atom stereocenters. The number of esters is 1. The van der Waals surface area contributed by atoms with Crippen molar-refractivity contribution < 1.29 is 22.7 Å². The average Bonchev–Trinajstić information content (AvgIpc) is 2.66.